The molecule has 17 heavy (non-hydrogen) atoms. The number of alkyl halides is 3. The molecule has 1 heterocycles. The van der Waals surface area contributed by atoms with Crippen molar-refractivity contribution in [3.63, 3.8) is 0 Å². The maximum absolute atomic E-state index is 12.9. The zero-order chi connectivity index (χ0) is 12.3. The van der Waals surface area contributed by atoms with Crippen LogP contribution in [0.15, 0.2) is 35.3 Å². The Morgan fingerprint density at radius 1 is 1.24 bits per heavy atom. The molecule has 92 valence electrons. The third-order valence-corrected chi connectivity index (χ3v) is 2.42. The fraction of sp³-hybridized carbons (Fsp3) is 0.364. The molecule has 1 atom stereocenters. The third-order valence-electron chi connectivity index (χ3n) is 2.42. The van der Waals surface area contributed by atoms with Gasteiger partial charge >= 0.3 is 6.18 Å². The average molecular weight is 243 g/mol. The van der Waals surface area contributed by atoms with Gasteiger partial charge in [-0.25, -0.2) is 0 Å². The fourth-order valence-corrected chi connectivity index (χ4v) is 1.63. The molecule has 0 amide bonds. The van der Waals surface area contributed by atoms with Crippen molar-refractivity contribution in [2.45, 2.75) is 12.2 Å². The Morgan fingerprint density at radius 3 is 2.47 bits per heavy atom. The highest BCUT2D eigenvalue weighted by Gasteiger charge is 2.41. The predicted octanol–water partition coefficient (Wildman–Crippen LogP) is 1.84. The molecule has 1 unspecified atom stereocenters. The molecule has 0 aromatic heterocycles. The summed E-state index contributed by atoms with van der Waals surface area (Å²) in [6.07, 6.45) is -4.35. The molecule has 3 nitrogen and oxygen atoms in total. The van der Waals surface area contributed by atoms with Crippen molar-refractivity contribution in [1.82, 2.24) is 10.6 Å². The Kier molecular flexibility index (Phi) is 3.21. The van der Waals surface area contributed by atoms with Crippen molar-refractivity contribution < 1.29 is 13.2 Å². The van der Waals surface area contributed by atoms with E-state index < -0.39 is 12.2 Å². The van der Waals surface area contributed by atoms with E-state index in [1.807, 2.05) is 0 Å². The lowest BCUT2D eigenvalue weighted by Gasteiger charge is -2.22. The van der Waals surface area contributed by atoms with Crippen LogP contribution in [0, 0.1) is 0 Å². The van der Waals surface area contributed by atoms with Crippen LogP contribution in [0.25, 0.3) is 0 Å². The van der Waals surface area contributed by atoms with E-state index in [0.717, 1.165) is 0 Å². The molecule has 0 saturated heterocycles. The van der Waals surface area contributed by atoms with Crippen LogP contribution < -0.4 is 10.6 Å². The molecule has 1 aliphatic heterocycles. The molecular weight excluding hydrogens is 231 g/mol. The van der Waals surface area contributed by atoms with E-state index in [4.69, 9.17) is 0 Å². The lowest BCUT2D eigenvalue weighted by molar-refractivity contribution is -0.154. The molecule has 6 heteroatoms. The standard InChI is InChI=1S/C11H12F3N3/c12-11(13,14)9(8-4-2-1-3-5-8)17-10-15-6-7-16-10/h1-5,9H,6-7H2,(H2,15,16,17). The number of nitrogens with one attached hydrogen (secondary N) is 2. The number of hydrogen-bond acceptors (Lipinski definition) is 3. The largest absolute Gasteiger partial charge is 0.412 e. The van der Waals surface area contributed by atoms with E-state index in [9.17, 15) is 13.2 Å². The topological polar surface area (TPSA) is 36.4 Å². The van der Waals surface area contributed by atoms with Crippen molar-refractivity contribution in [2.24, 2.45) is 4.99 Å². The first-order chi connectivity index (χ1) is 8.07. The Labute approximate surface area is 96.7 Å². The van der Waals surface area contributed by atoms with Gasteiger partial charge in [-0.1, -0.05) is 30.3 Å². The highest BCUT2D eigenvalue weighted by atomic mass is 19.4. The minimum Gasteiger partial charge on any atom is -0.355 e. The minimum absolute atomic E-state index is 0.177. The van der Waals surface area contributed by atoms with Gasteiger partial charge in [0, 0.05) is 6.54 Å². The summed E-state index contributed by atoms with van der Waals surface area (Å²) in [4.78, 5) is 3.91. The van der Waals surface area contributed by atoms with E-state index >= 15 is 0 Å². The number of rotatable bonds is 2. The van der Waals surface area contributed by atoms with E-state index in [1.165, 1.54) is 12.1 Å². The molecule has 0 fully saturated rings. The lowest BCUT2D eigenvalue weighted by Crippen LogP contribution is -2.42. The van der Waals surface area contributed by atoms with Gasteiger partial charge in [0.2, 0.25) is 0 Å². The van der Waals surface area contributed by atoms with Gasteiger partial charge in [0.05, 0.1) is 6.54 Å². The molecule has 0 radical (unpaired) electrons. The summed E-state index contributed by atoms with van der Waals surface area (Å²) in [6.45, 7) is 1.07. The SMILES string of the molecule is FC(F)(F)C(NC1=NCCN1)c1ccccc1. The second-order valence-electron chi connectivity index (χ2n) is 3.69. The lowest BCUT2D eigenvalue weighted by atomic mass is 10.1. The molecule has 1 aliphatic rings. The van der Waals surface area contributed by atoms with Gasteiger partial charge in [-0.2, -0.15) is 13.2 Å². The summed E-state index contributed by atoms with van der Waals surface area (Å²) < 4.78 is 38.7. The van der Waals surface area contributed by atoms with Gasteiger partial charge < -0.3 is 10.6 Å². The van der Waals surface area contributed by atoms with Crippen LogP contribution in [0.5, 0.6) is 0 Å². The van der Waals surface area contributed by atoms with E-state index in [0.29, 0.717) is 13.1 Å². The van der Waals surface area contributed by atoms with Crippen LogP contribution in [-0.2, 0) is 0 Å². The van der Waals surface area contributed by atoms with Crippen LogP contribution in [0.2, 0.25) is 0 Å². The quantitative estimate of drug-likeness (QED) is 0.831. The zero-order valence-electron chi connectivity index (χ0n) is 8.96. The first-order valence-corrected chi connectivity index (χ1v) is 5.24. The number of halogens is 3. The molecule has 0 aliphatic carbocycles. The van der Waals surface area contributed by atoms with E-state index in [2.05, 4.69) is 15.6 Å². The molecule has 0 saturated carbocycles. The second-order valence-corrected chi connectivity index (χ2v) is 3.69. The molecule has 0 bridgehead atoms. The summed E-state index contributed by atoms with van der Waals surface area (Å²) >= 11 is 0. The minimum atomic E-state index is -4.35. The number of guanidine groups is 1. The van der Waals surface area contributed by atoms with Crippen molar-refractivity contribution in [2.75, 3.05) is 13.1 Å². The number of nitrogens with zero attached hydrogens (tertiary/aromatic N) is 1. The van der Waals surface area contributed by atoms with Crippen LogP contribution in [0.3, 0.4) is 0 Å². The zero-order valence-corrected chi connectivity index (χ0v) is 8.96. The van der Waals surface area contributed by atoms with Crippen LogP contribution in [0.4, 0.5) is 13.2 Å². The summed E-state index contributed by atoms with van der Waals surface area (Å²) in [5, 5.41) is 5.15. The molecule has 1 aromatic carbocycles. The summed E-state index contributed by atoms with van der Waals surface area (Å²) in [6, 6.07) is 6.01. The van der Waals surface area contributed by atoms with Crippen LogP contribution >= 0.6 is 0 Å². The van der Waals surface area contributed by atoms with Gasteiger partial charge in [0.25, 0.3) is 0 Å². The maximum atomic E-state index is 12.9. The Balaban J connectivity index is 2.20. The number of hydrogen-bond donors (Lipinski definition) is 2. The first kappa shape index (κ1) is 11.8. The summed E-state index contributed by atoms with van der Waals surface area (Å²) in [5.74, 6) is 0.205. The highest BCUT2D eigenvalue weighted by Crippen LogP contribution is 2.32. The second kappa shape index (κ2) is 4.65. The van der Waals surface area contributed by atoms with Crippen molar-refractivity contribution in [3.8, 4) is 0 Å². The highest BCUT2D eigenvalue weighted by molar-refractivity contribution is 5.81. The monoisotopic (exact) mass is 243 g/mol. The molecule has 0 spiro atoms. The maximum Gasteiger partial charge on any atom is 0.412 e. The Bertz CT molecular complexity index is 400. The van der Waals surface area contributed by atoms with Gasteiger partial charge in [-0.15, -0.1) is 0 Å². The van der Waals surface area contributed by atoms with Crippen LogP contribution in [-0.4, -0.2) is 25.2 Å². The molecule has 2 N–H and O–H groups in total. The predicted molar refractivity (Wildman–Crippen MR) is 58.7 cm³/mol. The number of benzene rings is 1. The Morgan fingerprint density at radius 2 is 1.94 bits per heavy atom. The normalized spacial score (nSPS) is 17.2. The van der Waals surface area contributed by atoms with Gasteiger partial charge in [0.15, 0.2) is 12.0 Å². The van der Waals surface area contributed by atoms with Crippen molar-refractivity contribution in [3.05, 3.63) is 35.9 Å². The fourth-order valence-electron chi connectivity index (χ4n) is 1.63. The third kappa shape index (κ3) is 2.89. The summed E-state index contributed by atoms with van der Waals surface area (Å²) in [7, 11) is 0. The molecule has 2 rings (SSSR count). The van der Waals surface area contributed by atoms with Gasteiger partial charge in [-0.3, -0.25) is 4.99 Å². The van der Waals surface area contributed by atoms with Crippen molar-refractivity contribution >= 4 is 5.96 Å². The van der Waals surface area contributed by atoms with Gasteiger partial charge in [0.1, 0.15) is 0 Å². The number of aliphatic imine (C=N–C) groups is 1. The molecule has 1 aromatic rings. The molecular formula is C11H12F3N3. The van der Waals surface area contributed by atoms with Crippen molar-refractivity contribution in [1.29, 1.82) is 0 Å². The summed E-state index contributed by atoms with van der Waals surface area (Å²) in [5.41, 5.74) is 0.177. The Hall–Kier alpha value is -1.72. The smallest absolute Gasteiger partial charge is 0.355 e. The average Bonchev–Trinajstić information content (AvgIpc) is 2.78. The first-order valence-electron chi connectivity index (χ1n) is 5.24. The van der Waals surface area contributed by atoms with E-state index in [-0.39, 0.29) is 11.5 Å². The van der Waals surface area contributed by atoms with Gasteiger partial charge in [-0.05, 0) is 5.56 Å². The van der Waals surface area contributed by atoms with Crippen LogP contribution in [0.1, 0.15) is 11.6 Å². The van der Waals surface area contributed by atoms with E-state index in [1.54, 1.807) is 18.2 Å².